The van der Waals surface area contributed by atoms with Crippen LogP contribution in [0.3, 0.4) is 0 Å². The summed E-state index contributed by atoms with van der Waals surface area (Å²) >= 11 is 0. The number of sulfonamides is 1. The molecule has 260 valence electrons. The predicted octanol–water partition coefficient (Wildman–Crippen LogP) is 5.71. The fraction of sp³-hybridized carbons (Fsp3) is 0.316. The summed E-state index contributed by atoms with van der Waals surface area (Å²) in [5.74, 6) is 0.435. The second kappa shape index (κ2) is 17.4. The van der Waals surface area contributed by atoms with E-state index in [4.69, 9.17) is 14.2 Å². The van der Waals surface area contributed by atoms with Crippen molar-refractivity contribution >= 4 is 27.5 Å². The molecular formula is C38H45N3O7S. The quantitative estimate of drug-likeness (QED) is 0.151. The number of carbonyl (C=O) groups excluding carboxylic acids is 2. The summed E-state index contributed by atoms with van der Waals surface area (Å²) in [6.07, 6.45) is 0.231. The highest BCUT2D eigenvalue weighted by Gasteiger charge is 2.35. The van der Waals surface area contributed by atoms with Crippen LogP contribution in [-0.2, 0) is 32.6 Å². The van der Waals surface area contributed by atoms with Gasteiger partial charge in [-0.2, -0.15) is 0 Å². The van der Waals surface area contributed by atoms with Gasteiger partial charge in [-0.1, -0.05) is 74.5 Å². The molecule has 49 heavy (non-hydrogen) atoms. The van der Waals surface area contributed by atoms with Gasteiger partial charge in [0.25, 0.3) is 10.0 Å². The Morgan fingerprint density at radius 1 is 0.796 bits per heavy atom. The average Bonchev–Trinajstić information content (AvgIpc) is 3.11. The molecule has 0 radical (unpaired) electrons. The third-order valence-corrected chi connectivity index (χ3v) is 9.58. The summed E-state index contributed by atoms with van der Waals surface area (Å²) in [5, 5.41) is 3.00. The highest BCUT2D eigenvalue weighted by atomic mass is 32.2. The molecule has 0 aliphatic carbocycles. The monoisotopic (exact) mass is 687 g/mol. The zero-order chi connectivity index (χ0) is 35.4. The molecule has 0 unspecified atom stereocenters. The molecule has 11 heteroatoms. The van der Waals surface area contributed by atoms with Crippen LogP contribution >= 0.6 is 0 Å². The first-order chi connectivity index (χ1) is 23.6. The van der Waals surface area contributed by atoms with Crippen LogP contribution in [0, 0.1) is 5.92 Å². The Balaban J connectivity index is 1.81. The summed E-state index contributed by atoms with van der Waals surface area (Å²) in [6, 6.07) is 28.6. The molecule has 0 fully saturated rings. The molecule has 0 aliphatic rings. The summed E-state index contributed by atoms with van der Waals surface area (Å²) in [5.41, 5.74) is 1.90. The molecule has 0 saturated carbocycles. The first-order valence-corrected chi connectivity index (χ1v) is 17.6. The lowest BCUT2D eigenvalue weighted by molar-refractivity contribution is -0.140. The van der Waals surface area contributed by atoms with E-state index in [2.05, 4.69) is 5.32 Å². The molecule has 0 aliphatic heterocycles. The summed E-state index contributed by atoms with van der Waals surface area (Å²) in [6.45, 7) is 6.19. The number of hydrogen-bond acceptors (Lipinski definition) is 7. The maximum absolute atomic E-state index is 14.6. The SMILES string of the molecule is CCOc1ccc(N(CC(=O)N(Cc2ccccc2)[C@H](Cc2ccccc2)C(=O)NCC(C)C)S(=O)(=O)c2ccc(OC)c(OC)c2)cc1. The van der Waals surface area contributed by atoms with Crippen LogP contribution in [-0.4, -0.2) is 65.1 Å². The first-order valence-electron chi connectivity index (χ1n) is 16.2. The highest BCUT2D eigenvalue weighted by Crippen LogP contribution is 2.33. The van der Waals surface area contributed by atoms with Gasteiger partial charge in [0.2, 0.25) is 11.8 Å². The van der Waals surface area contributed by atoms with Crippen LogP contribution in [0.1, 0.15) is 31.9 Å². The second-order valence-corrected chi connectivity index (χ2v) is 13.7. The fourth-order valence-corrected chi connectivity index (χ4v) is 6.69. The van der Waals surface area contributed by atoms with Gasteiger partial charge in [0.1, 0.15) is 18.3 Å². The maximum Gasteiger partial charge on any atom is 0.264 e. The van der Waals surface area contributed by atoms with E-state index >= 15 is 0 Å². The zero-order valence-corrected chi connectivity index (χ0v) is 29.5. The number of anilines is 1. The minimum atomic E-state index is -4.36. The number of nitrogens with zero attached hydrogens (tertiary/aromatic N) is 2. The third-order valence-electron chi connectivity index (χ3n) is 7.81. The Labute approximate surface area is 289 Å². The van der Waals surface area contributed by atoms with Gasteiger partial charge in [-0.05, 0) is 60.4 Å². The lowest BCUT2D eigenvalue weighted by atomic mass is 10.0. The zero-order valence-electron chi connectivity index (χ0n) is 28.7. The summed E-state index contributed by atoms with van der Waals surface area (Å²) < 4.78 is 46.3. The number of amides is 2. The van der Waals surface area contributed by atoms with Gasteiger partial charge in [0.15, 0.2) is 11.5 Å². The second-order valence-electron chi connectivity index (χ2n) is 11.8. The number of methoxy groups -OCH3 is 2. The van der Waals surface area contributed by atoms with E-state index in [-0.39, 0.29) is 41.1 Å². The molecule has 2 amide bonds. The van der Waals surface area contributed by atoms with Gasteiger partial charge in [-0.15, -0.1) is 0 Å². The van der Waals surface area contributed by atoms with Crippen LogP contribution in [0.25, 0.3) is 0 Å². The smallest absolute Gasteiger partial charge is 0.264 e. The minimum absolute atomic E-state index is 0.0831. The Morgan fingerprint density at radius 2 is 1.41 bits per heavy atom. The van der Waals surface area contributed by atoms with E-state index in [0.29, 0.717) is 24.7 Å². The van der Waals surface area contributed by atoms with E-state index in [1.54, 1.807) is 24.3 Å². The lowest BCUT2D eigenvalue weighted by Gasteiger charge is -2.34. The molecule has 4 rings (SSSR count). The van der Waals surface area contributed by atoms with Crippen molar-refractivity contribution in [3.8, 4) is 17.2 Å². The van der Waals surface area contributed by atoms with E-state index in [1.807, 2.05) is 81.4 Å². The van der Waals surface area contributed by atoms with Crippen molar-refractivity contribution in [3.63, 3.8) is 0 Å². The topological polar surface area (TPSA) is 114 Å². The molecule has 0 saturated heterocycles. The molecule has 4 aromatic rings. The van der Waals surface area contributed by atoms with Gasteiger partial charge in [0, 0.05) is 25.6 Å². The molecule has 0 spiro atoms. The van der Waals surface area contributed by atoms with Crippen LogP contribution in [0.4, 0.5) is 5.69 Å². The van der Waals surface area contributed by atoms with Gasteiger partial charge in [0.05, 0.1) is 31.4 Å². The van der Waals surface area contributed by atoms with Crippen molar-refractivity contribution in [2.75, 3.05) is 38.2 Å². The number of carbonyl (C=O) groups is 2. The molecule has 0 bridgehead atoms. The van der Waals surface area contributed by atoms with Crippen LogP contribution in [0.2, 0.25) is 0 Å². The van der Waals surface area contributed by atoms with E-state index in [0.717, 1.165) is 15.4 Å². The Hall–Kier alpha value is -5.03. The number of hydrogen-bond donors (Lipinski definition) is 1. The number of nitrogens with one attached hydrogen (secondary N) is 1. The standard InChI is InChI=1S/C38H45N3O7S/c1-6-48-32-19-17-31(18-20-32)41(49(44,45)33-21-22-35(46-4)36(24-33)47-5)27-37(42)40(26-30-15-11-8-12-16-30)34(38(43)39-25-28(2)3)23-29-13-9-7-10-14-29/h7-22,24,28,34H,6,23,25-27H2,1-5H3,(H,39,43)/t34-/m1/s1. The highest BCUT2D eigenvalue weighted by molar-refractivity contribution is 7.92. The van der Waals surface area contributed by atoms with Gasteiger partial charge in [-0.3, -0.25) is 13.9 Å². The molecule has 1 atom stereocenters. The Bertz CT molecular complexity index is 1770. The van der Waals surface area contributed by atoms with Crippen molar-refractivity contribution in [1.29, 1.82) is 0 Å². The van der Waals surface area contributed by atoms with Crippen molar-refractivity contribution in [2.45, 2.75) is 44.7 Å². The first kappa shape index (κ1) is 36.8. The molecule has 10 nitrogen and oxygen atoms in total. The van der Waals surface area contributed by atoms with Crippen molar-refractivity contribution in [1.82, 2.24) is 10.2 Å². The Kier molecular flexibility index (Phi) is 13.1. The van der Waals surface area contributed by atoms with Gasteiger partial charge < -0.3 is 24.4 Å². The number of ether oxygens (including phenoxy) is 3. The largest absolute Gasteiger partial charge is 0.494 e. The fourth-order valence-electron chi connectivity index (χ4n) is 5.26. The predicted molar refractivity (Wildman–Crippen MR) is 190 cm³/mol. The minimum Gasteiger partial charge on any atom is -0.494 e. The Morgan fingerprint density at radius 3 is 1.98 bits per heavy atom. The molecular weight excluding hydrogens is 642 g/mol. The summed E-state index contributed by atoms with van der Waals surface area (Å²) in [7, 11) is -1.48. The molecule has 1 N–H and O–H groups in total. The molecule has 4 aromatic carbocycles. The van der Waals surface area contributed by atoms with Crippen LogP contribution in [0.5, 0.6) is 17.2 Å². The number of rotatable bonds is 17. The molecule has 0 heterocycles. The average molecular weight is 688 g/mol. The molecule has 0 aromatic heterocycles. The lowest BCUT2D eigenvalue weighted by Crippen LogP contribution is -2.53. The van der Waals surface area contributed by atoms with Crippen molar-refractivity contribution < 1.29 is 32.2 Å². The third kappa shape index (κ3) is 9.76. The van der Waals surface area contributed by atoms with Crippen molar-refractivity contribution in [2.24, 2.45) is 5.92 Å². The van der Waals surface area contributed by atoms with Crippen LogP contribution in [0.15, 0.2) is 108 Å². The van der Waals surface area contributed by atoms with Crippen molar-refractivity contribution in [3.05, 3.63) is 114 Å². The maximum atomic E-state index is 14.6. The van der Waals surface area contributed by atoms with Gasteiger partial charge >= 0.3 is 0 Å². The van der Waals surface area contributed by atoms with E-state index < -0.39 is 28.5 Å². The summed E-state index contributed by atoms with van der Waals surface area (Å²) in [4.78, 5) is 29.9. The van der Waals surface area contributed by atoms with Gasteiger partial charge in [-0.25, -0.2) is 8.42 Å². The van der Waals surface area contributed by atoms with Crippen LogP contribution < -0.4 is 23.8 Å². The normalized spacial score (nSPS) is 11.8. The van der Waals surface area contributed by atoms with E-state index in [9.17, 15) is 18.0 Å². The number of benzene rings is 4. The van der Waals surface area contributed by atoms with E-state index in [1.165, 1.54) is 37.3 Å².